The molecule has 0 spiro atoms. The molecule has 0 rings (SSSR count). The summed E-state index contributed by atoms with van der Waals surface area (Å²) in [6.45, 7) is 4.13. The Bertz CT molecular complexity index is 783. The average Bonchev–Trinajstić information content (AvgIpc) is 2.86. The molecule has 200 valence electrons. The summed E-state index contributed by atoms with van der Waals surface area (Å²) in [6, 6.07) is -0.672. The summed E-state index contributed by atoms with van der Waals surface area (Å²) >= 11 is 4.06. The predicted molar refractivity (Wildman–Crippen MR) is 155 cm³/mol. The Morgan fingerprint density at radius 2 is 1.14 bits per heavy atom. The number of allylic oxidation sites excluding steroid dienone is 12. The number of thiol groups is 1. The summed E-state index contributed by atoms with van der Waals surface area (Å²) in [5.74, 6) is -0.445. The number of rotatable bonds is 20. The lowest BCUT2D eigenvalue weighted by Crippen LogP contribution is -2.48. The van der Waals surface area contributed by atoms with E-state index in [-0.39, 0.29) is 23.5 Å². The molecule has 1 atom stereocenters. The zero-order chi connectivity index (χ0) is 26.7. The van der Waals surface area contributed by atoms with Crippen LogP contribution >= 0.6 is 12.6 Å². The molecule has 0 aromatic carbocycles. The van der Waals surface area contributed by atoms with Gasteiger partial charge in [0.2, 0.25) is 17.7 Å². The molecule has 7 heteroatoms. The highest BCUT2D eigenvalue weighted by Crippen LogP contribution is 1.98. The van der Waals surface area contributed by atoms with Gasteiger partial charge in [0.05, 0.1) is 0 Å². The minimum absolute atomic E-state index is 0.0589. The average molecular weight is 516 g/mol. The summed E-state index contributed by atoms with van der Waals surface area (Å²) in [4.78, 5) is 34.8. The van der Waals surface area contributed by atoms with Crippen molar-refractivity contribution >= 4 is 30.4 Å². The largest absolute Gasteiger partial charge is 0.354 e. The van der Waals surface area contributed by atoms with E-state index in [2.05, 4.69) is 102 Å². The predicted octanol–water partition coefficient (Wildman–Crippen LogP) is 5.13. The van der Waals surface area contributed by atoms with Crippen LogP contribution in [0.15, 0.2) is 72.9 Å². The smallest absolute Gasteiger partial charge is 0.243 e. The Labute approximate surface area is 223 Å². The van der Waals surface area contributed by atoms with Gasteiger partial charge in [0, 0.05) is 32.2 Å². The highest BCUT2D eigenvalue weighted by molar-refractivity contribution is 7.80. The molecule has 36 heavy (non-hydrogen) atoms. The number of carbonyl (C=O) groups excluding carboxylic acids is 3. The minimum atomic E-state index is -0.672. The molecule has 0 unspecified atom stereocenters. The van der Waals surface area contributed by atoms with Crippen LogP contribution in [0, 0.1) is 0 Å². The third kappa shape index (κ3) is 23.0. The fraction of sp³-hybridized carbons (Fsp3) is 0.483. The summed E-state index contributed by atoms with van der Waals surface area (Å²) in [5, 5.41) is 7.96. The van der Waals surface area contributed by atoms with Crippen molar-refractivity contribution in [2.45, 2.75) is 71.3 Å². The molecule has 3 amide bonds. The molecule has 0 saturated heterocycles. The first-order valence-electron chi connectivity index (χ1n) is 12.8. The van der Waals surface area contributed by atoms with Gasteiger partial charge < -0.3 is 16.0 Å². The molecule has 0 aromatic rings. The number of nitrogens with one attached hydrogen (secondary N) is 3. The second kappa shape index (κ2) is 25.3. The van der Waals surface area contributed by atoms with E-state index in [0.717, 1.165) is 38.5 Å². The van der Waals surface area contributed by atoms with Crippen LogP contribution in [0.25, 0.3) is 0 Å². The zero-order valence-electron chi connectivity index (χ0n) is 22.0. The number of carbonyl (C=O) groups is 3. The van der Waals surface area contributed by atoms with Gasteiger partial charge in [0.15, 0.2) is 0 Å². The van der Waals surface area contributed by atoms with E-state index >= 15 is 0 Å². The van der Waals surface area contributed by atoms with Crippen LogP contribution in [-0.2, 0) is 14.4 Å². The van der Waals surface area contributed by atoms with Crippen molar-refractivity contribution in [2.24, 2.45) is 0 Å². The van der Waals surface area contributed by atoms with Gasteiger partial charge in [-0.05, 0) is 44.9 Å². The van der Waals surface area contributed by atoms with Crippen molar-refractivity contribution in [1.29, 1.82) is 0 Å². The summed E-state index contributed by atoms with van der Waals surface area (Å²) in [7, 11) is 0. The van der Waals surface area contributed by atoms with Crippen LogP contribution in [-0.4, -0.2) is 42.6 Å². The molecule has 0 fully saturated rings. The van der Waals surface area contributed by atoms with Crippen molar-refractivity contribution in [1.82, 2.24) is 16.0 Å². The first-order valence-corrected chi connectivity index (χ1v) is 13.5. The molecule has 0 aliphatic carbocycles. The molecule has 0 radical (unpaired) electrons. The standard InChI is InChI=1S/C29H45N3O3S/c1-3-4-5-6-7-8-9-10-11-12-13-14-15-16-17-18-19-20-21-22-28(34)30-23-24-31-29(35)27(25-36)32-26(2)33/h4-5,7-8,10-11,13-14,16-17,19-20,27,36H,3,6,9,12,15,18,21-25H2,1-2H3,(H,30,34)(H,31,35)(H,32,33)/t27-/m0/s1. The van der Waals surface area contributed by atoms with Crippen LogP contribution in [0.4, 0.5) is 0 Å². The Morgan fingerprint density at radius 3 is 1.58 bits per heavy atom. The van der Waals surface area contributed by atoms with Gasteiger partial charge in [0.1, 0.15) is 6.04 Å². The summed E-state index contributed by atoms with van der Waals surface area (Å²) in [6.07, 6.45) is 32.7. The van der Waals surface area contributed by atoms with Gasteiger partial charge in [-0.25, -0.2) is 0 Å². The van der Waals surface area contributed by atoms with Crippen molar-refractivity contribution in [3.05, 3.63) is 72.9 Å². The Hall–Kier alpha value is -2.80. The SMILES string of the molecule is CCC=CCC=CCC=CCC=CCC=CCC=CCCC(=O)NCCNC(=O)[C@H](CS)NC(C)=O. The number of hydrogen-bond donors (Lipinski definition) is 4. The Morgan fingerprint density at radius 1 is 0.694 bits per heavy atom. The van der Waals surface area contributed by atoms with E-state index in [1.54, 1.807) is 0 Å². The van der Waals surface area contributed by atoms with E-state index in [1.165, 1.54) is 6.92 Å². The summed E-state index contributed by atoms with van der Waals surface area (Å²) < 4.78 is 0. The molecule has 0 aromatic heterocycles. The first kappa shape index (κ1) is 33.2. The fourth-order valence-corrected chi connectivity index (χ4v) is 3.15. The summed E-state index contributed by atoms with van der Waals surface area (Å²) in [5.41, 5.74) is 0. The molecule has 0 aliphatic rings. The maximum Gasteiger partial charge on any atom is 0.243 e. The highest BCUT2D eigenvalue weighted by atomic mass is 32.1. The first-order chi connectivity index (χ1) is 17.5. The van der Waals surface area contributed by atoms with Gasteiger partial charge in [-0.15, -0.1) is 0 Å². The van der Waals surface area contributed by atoms with Gasteiger partial charge in [-0.2, -0.15) is 12.6 Å². The lowest BCUT2D eigenvalue weighted by atomic mass is 10.2. The second-order valence-electron chi connectivity index (χ2n) is 8.03. The number of hydrogen-bond acceptors (Lipinski definition) is 4. The normalized spacial score (nSPS) is 13.1. The highest BCUT2D eigenvalue weighted by Gasteiger charge is 2.16. The third-order valence-corrected chi connectivity index (χ3v) is 5.12. The van der Waals surface area contributed by atoms with Gasteiger partial charge >= 0.3 is 0 Å². The molecule has 3 N–H and O–H groups in total. The van der Waals surface area contributed by atoms with Crippen molar-refractivity contribution in [2.75, 3.05) is 18.8 Å². The third-order valence-electron chi connectivity index (χ3n) is 4.76. The lowest BCUT2D eigenvalue weighted by Gasteiger charge is -2.15. The zero-order valence-corrected chi connectivity index (χ0v) is 22.9. The quantitative estimate of drug-likeness (QED) is 0.103. The van der Waals surface area contributed by atoms with Gasteiger partial charge in [0.25, 0.3) is 0 Å². The topological polar surface area (TPSA) is 87.3 Å². The second-order valence-corrected chi connectivity index (χ2v) is 8.40. The van der Waals surface area contributed by atoms with Crippen molar-refractivity contribution < 1.29 is 14.4 Å². The lowest BCUT2D eigenvalue weighted by molar-refractivity contribution is -0.127. The molecule has 0 saturated carbocycles. The minimum Gasteiger partial charge on any atom is -0.354 e. The monoisotopic (exact) mass is 515 g/mol. The van der Waals surface area contributed by atoms with E-state index in [1.807, 2.05) is 6.08 Å². The molecular formula is C29H45N3O3S. The molecule has 0 aliphatic heterocycles. The molecule has 6 nitrogen and oxygen atoms in total. The van der Waals surface area contributed by atoms with Crippen molar-refractivity contribution in [3.63, 3.8) is 0 Å². The van der Waals surface area contributed by atoms with Gasteiger partial charge in [-0.1, -0.05) is 79.8 Å². The fourth-order valence-electron chi connectivity index (χ4n) is 2.89. The van der Waals surface area contributed by atoms with Crippen LogP contribution in [0.1, 0.15) is 65.2 Å². The van der Waals surface area contributed by atoms with Crippen LogP contribution in [0.3, 0.4) is 0 Å². The van der Waals surface area contributed by atoms with Gasteiger partial charge in [-0.3, -0.25) is 14.4 Å². The Kier molecular flexibility index (Phi) is 23.3. The van der Waals surface area contributed by atoms with E-state index in [4.69, 9.17) is 0 Å². The van der Waals surface area contributed by atoms with E-state index < -0.39 is 6.04 Å². The molecule has 0 heterocycles. The molecular weight excluding hydrogens is 470 g/mol. The van der Waals surface area contributed by atoms with E-state index in [0.29, 0.717) is 25.9 Å². The van der Waals surface area contributed by atoms with Crippen LogP contribution in [0.5, 0.6) is 0 Å². The van der Waals surface area contributed by atoms with Crippen LogP contribution in [0.2, 0.25) is 0 Å². The number of amides is 3. The maximum atomic E-state index is 11.9. The van der Waals surface area contributed by atoms with Crippen molar-refractivity contribution in [3.8, 4) is 0 Å². The maximum absolute atomic E-state index is 11.9. The van der Waals surface area contributed by atoms with Crippen LogP contribution < -0.4 is 16.0 Å². The van der Waals surface area contributed by atoms with E-state index in [9.17, 15) is 14.4 Å². The Balaban J connectivity index is 3.72. The molecule has 0 bridgehead atoms.